The van der Waals surface area contributed by atoms with E-state index in [-0.39, 0.29) is 0 Å². The summed E-state index contributed by atoms with van der Waals surface area (Å²) in [5.74, 6) is 0. The van der Waals surface area contributed by atoms with Crippen LogP contribution in [0.2, 0.25) is 0 Å². The topological polar surface area (TPSA) is 17.1 Å². The van der Waals surface area contributed by atoms with Crippen molar-refractivity contribution >= 4 is 23.4 Å². The highest BCUT2D eigenvalue weighted by Gasteiger charge is 2.03. The molecular formula is C7H5OS. The summed E-state index contributed by atoms with van der Waals surface area (Å²) in [5, 5.41) is 0. The van der Waals surface area contributed by atoms with Crippen molar-refractivity contribution in [3.8, 4) is 0 Å². The maximum atomic E-state index is 10.1. The molecule has 1 aliphatic carbocycles. The van der Waals surface area contributed by atoms with Gasteiger partial charge >= 0.3 is 0 Å². The van der Waals surface area contributed by atoms with Crippen LogP contribution in [0.4, 0.5) is 0 Å². The molecule has 0 aromatic heterocycles. The molecule has 0 aromatic rings. The zero-order valence-corrected chi connectivity index (χ0v) is 5.57. The molecule has 0 heterocycles. The third-order valence-corrected chi connectivity index (χ3v) is 1.50. The average Bonchev–Trinajstić information content (AvgIpc) is 1.89. The monoisotopic (exact) mass is 137 g/mol. The summed E-state index contributed by atoms with van der Waals surface area (Å²) in [6.45, 7) is 0. The summed E-state index contributed by atoms with van der Waals surface area (Å²) in [4.78, 5) is 10.7. The Morgan fingerprint density at radius 1 is 1.67 bits per heavy atom. The van der Waals surface area contributed by atoms with Crippen molar-refractivity contribution in [3.63, 3.8) is 0 Å². The van der Waals surface area contributed by atoms with Crippen molar-refractivity contribution in [2.45, 2.75) is 6.42 Å². The van der Waals surface area contributed by atoms with Crippen LogP contribution in [0, 0.1) is 0 Å². The molecule has 2 heteroatoms. The molecule has 0 unspecified atom stereocenters. The van der Waals surface area contributed by atoms with Crippen LogP contribution in [0.25, 0.3) is 0 Å². The Labute approximate surface area is 59.1 Å². The summed E-state index contributed by atoms with van der Waals surface area (Å²) in [6, 6.07) is 0. The van der Waals surface area contributed by atoms with Crippen molar-refractivity contribution in [3.05, 3.63) is 23.8 Å². The van der Waals surface area contributed by atoms with Gasteiger partial charge < -0.3 is 0 Å². The molecule has 0 saturated carbocycles. The molecule has 0 aliphatic heterocycles. The fraction of sp³-hybridized carbons (Fsp3) is 0.143. The first-order valence-corrected chi connectivity index (χ1v) is 3.03. The van der Waals surface area contributed by atoms with Crippen LogP contribution in [0.15, 0.2) is 23.8 Å². The van der Waals surface area contributed by atoms with Crippen molar-refractivity contribution < 1.29 is 4.79 Å². The third kappa shape index (κ3) is 1.33. The predicted octanol–water partition coefficient (Wildman–Crippen LogP) is 1.35. The van der Waals surface area contributed by atoms with Crippen LogP contribution in [0.1, 0.15) is 6.42 Å². The zero-order valence-electron chi connectivity index (χ0n) is 4.76. The van der Waals surface area contributed by atoms with Crippen LogP contribution >= 0.6 is 12.2 Å². The second-order valence-corrected chi connectivity index (χ2v) is 2.23. The van der Waals surface area contributed by atoms with E-state index in [1.165, 1.54) is 0 Å². The number of allylic oxidation sites excluding steroid dienone is 4. The fourth-order valence-corrected chi connectivity index (χ4v) is 0.839. The summed E-state index contributed by atoms with van der Waals surface area (Å²) < 4.78 is 0. The highest BCUT2D eigenvalue weighted by Crippen LogP contribution is 2.06. The van der Waals surface area contributed by atoms with E-state index >= 15 is 0 Å². The van der Waals surface area contributed by atoms with Gasteiger partial charge in [-0.1, -0.05) is 30.4 Å². The number of thiocarbonyl (C=S) groups is 1. The van der Waals surface area contributed by atoms with Crippen LogP contribution < -0.4 is 0 Å². The van der Waals surface area contributed by atoms with E-state index in [1.807, 2.05) is 12.2 Å². The average molecular weight is 137 g/mol. The lowest BCUT2D eigenvalue weighted by Crippen LogP contribution is -2.01. The van der Waals surface area contributed by atoms with Gasteiger partial charge in [-0.15, -0.1) is 0 Å². The van der Waals surface area contributed by atoms with Gasteiger partial charge in [0.15, 0.2) is 0 Å². The van der Waals surface area contributed by atoms with Gasteiger partial charge in [-0.3, -0.25) is 4.79 Å². The summed E-state index contributed by atoms with van der Waals surface area (Å²) in [6.07, 6.45) is 7.89. The van der Waals surface area contributed by atoms with E-state index in [0.29, 0.717) is 16.9 Å². The molecule has 1 rings (SSSR count). The number of hydrogen-bond acceptors (Lipinski definition) is 2. The maximum Gasteiger partial charge on any atom is 0.234 e. The SMILES string of the molecule is O=[C]C1=CC=CCC1=S. The van der Waals surface area contributed by atoms with E-state index in [1.54, 1.807) is 12.4 Å². The summed E-state index contributed by atoms with van der Waals surface area (Å²) in [5.41, 5.74) is 0.521. The predicted molar refractivity (Wildman–Crippen MR) is 40.1 cm³/mol. The molecule has 1 aliphatic rings. The molecule has 9 heavy (non-hydrogen) atoms. The minimum absolute atomic E-state index is 0.521. The molecule has 0 saturated heterocycles. The number of carbonyl (C=O) groups excluding carboxylic acids is 1. The Morgan fingerprint density at radius 2 is 2.44 bits per heavy atom. The lowest BCUT2D eigenvalue weighted by atomic mass is 10.1. The van der Waals surface area contributed by atoms with Crippen LogP contribution in [0.5, 0.6) is 0 Å². The van der Waals surface area contributed by atoms with Crippen LogP contribution in [0.3, 0.4) is 0 Å². The first-order valence-electron chi connectivity index (χ1n) is 2.63. The van der Waals surface area contributed by atoms with Crippen molar-refractivity contribution in [2.75, 3.05) is 0 Å². The molecule has 1 nitrogen and oxygen atoms in total. The molecule has 0 atom stereocenters. The van der Waals surface area contributed by atoms with E-state index in [0.717, 1.165) is 0 Å². The van der Waals surface area contributed by atoms with Crippen LogP contribution in [-0.2, 0) is 4.79 Å². The van der Waals surface area contributed by atoms with E-state index in [4.69, 9.17) is 12.2 Å². The molecule has 0 spiro atoms. The Morgan fingerprint density at radius 3 is 2.89 bits per heavy atom. The molecule has 0 aromatic carbocycles. The van der Waals surface area contributed by atoms with Gasteiger partial charge in [-0.2, -0.15) is 0 Å². The third-order valence-electron chi connectivity index (χ3n) is 1.11. The molecule has 0 amide bonds. The van der Waals surface area contributed by atoms with Gasteiger partial charge in [0.2, 0.25) is 6.29 Å². The first kappa shape index (κ1) is 6.36. The minimum atomic E-state index is 0.521. The van der Waals surface area contributed by atoms with Gasteiger partial charge in [-0.25, -0.2) is 0 Å². The number of hydrogen-bond donors (Lipinski definition) is 0. The van der Waals surface area contributed by atoms with Crippen molar-refractivity contribution in [1.82, 2.24) is 0 Å². The highest BCUT2D eigenvalue weighted by atomic mass is 32.1. The van der Waals surface area contributed by atoms with E-state index < -0.39 is 0 Å². The molecule has 0 N–H and O–H groups in total. The summed E-state index contributed by atoms with van der Waals surface area (Å²) in [7, 11) is 0. The Balaban J connectivity index is 2.86. The van der Waals surface area contributed by atoms with Gasteiger partial charge in [0.25, 0.3) is 0 Å². The normalized spacial score (nSPS) is 17.3. The first-order chi connectivity index (χ1) is 4.34. The second kappa shape index (κ2) is 2.69. The van der Waals surface area contributed by atoms with Crippen LogP contribution in [-0.4, -0.2) is 11.2 Å². The summed E-state index contributed by atoms with van der Waals surface area (Å²) >= 11 is 4.84. The minimum Gasteiger partial charge on any atom is -0.285 e. The number of rotatable bonds is 1. The van der Waals surface area contributed by atoms with Gasteiger partial charge in [0.05, 0.1) is 0 Å². The fourth-order valence-electron chi connectivity index (χ4n) is 0.633. The molecule has 1 radical (unpaired) electrons. The Bertz CT molecular complexity index is 201. The van der Waals surface area contributed by atoms with Gasteiger partial charge in [0.1, 0.15) is 0 Å². The Kier molecular flexibility index (Phi) is 1.90. The van der Waals surface area contributed by atoms with Gasteiger partial charge in [0, 0.05) is 16.9 Å². The standard InChI is InChI=1S/C7H5OS/c8-5-6-3-1-2-4-7(6)9/h1-3H,4H2. The van der Waals surface area contributed by atoms with E-state index in [2.05, 4.69) is 0 Å². The zero-order chi connectivity index (χ0) is 6.69. The molecule has 0 bridgehead atoms. The van der Waals surface area contributed by atoms with Gasteiger partial charge in [-0.05, 0) is 0 Å². The second-order valence-electron chi connectivity index (χ2n) is 1.74. The maximum absolute atomic E-state index is 10.1. The largest absolute Gasteiger partial charge is 0.285 e. The van der Waals surface area contributed by atoms with Crippen molar-refractivity contribution in [2.24, 2.45) is 0 Å². The Hall–Kier alpha value is -0.760. The quantitative estimate of drug-likeness (QED) is 0.507. The molecule has 45 valence electrons. The lowest BCUT2D eigenvalue weighted by molar-refractivity contribution is 0.563. The highest BCUT2D eigenvalue weighted by molar-refractivity contribution is 7.81. The molecular weight excluding hydrogens is 132 g/mol. The lowest BCUT2D eigenvalue weighted by Gasteiger charge is -2.00. The van der Waals surface area contributed by atoms with E-state index in [9.17, 15) is 4.79 Å². The van der Waals surface area contributed by atoms with Crippen molar-refractivity contribution in [1.29, 1.82) is 0 Å². The molecule has 0 fully saturated rings. The smallest absolute Gasteiger partial charge is 0.234 e.